The average molecular weight is 315 g/mol. The van der Waals surface area contributed by atoms with Crippen molar-refractivity contribution < 1.29 is 9.21 Å². The lowest BCUT2D eigenvalue weighted by Crippen LogP contribution is -2.21. The first-order valence-corrected chi connectivity index (χ1v) is 6.81. The van der Waals surface area contributed by atoms with Crippen LogP contribution < -0.4 is 16.7 Å². The molecule has 0 saturated heterocycles. The van der Waals surface area contributed by atoms with Crippen LogP contribution in [0.1, 0.15) is 10.4 Å². The molecule has 0 saturated carbocycles. The fourth-order valence-corrected chi connectivity index (χ4v) is 2.24. The van der Waals surface area contributed by atoms with E-state index in [1.165, 1.54) is 12.1 Å². The molecule has 22 heavy (non-hydrogen) atoms. The number of carbonyl (C=O) groups is 1. The highest BCUT2D eigenvalue weighted by Crippen LogP contribution is 2.23. The van der Waals surface area contributed by atoms with E-state index in [1.807, 2.05) is 0 Å². The number of para-hydroxylation sites is 1. The smallest absolute Gasteiger partial charge is 0.349 e. The molecule has 1 heterocycles. The van der Waals surface area contributed by atoms with Crippen LogP contribution in [0.5, 0.6) is 0 Å². The van der Waals surface area contributed by atoms with Gasteiger partial charge in [0.05, 0.1) is 11.4 Å². The van der Waals surface area contributed by atoms with Crippen molar-refractivity contribution in [1.82, 2.24) is 0 Å². The summed E-state index contributed by atoms with van der Waals surface area (Å²) in [5.74, 6) is -0.589. The Kier molecular flexibility index (Phi) is 3.56. The van der Waals surface area contributed by atoms with Crippen LogP contribution in [0.25, 0.3) is 11.0 Å². The Morgan fingerprint density at radius 2 is 1.91 bits per heavy atom. The second kappa shape index (κ2) is 5.54. The average Bonchev–Trinajstić information content (AvgIpc) is 2.49. The van der Waals surface area contributed by atoms with Crippen LogP contribution >= 0.6 is 11.6 Å². The molecule has 2 aromatic carbocycles. The molecule has 0 unspecified atom stereocenters. The van der Waals surface area contributed by atoms with Gasteiger partial charge in [-0.3, -0.25) is 4.79 Å². The summed E-state index contributed by atoms with van der Waals surface area (Å²) in [6, 6.07) is 13.1. The van der Waals surface area contributed by atoms with Crippen molar-refractivity contribution in [1.29, 1.82) is 0 Å². The predicted molar refractivity (Wildman–Crippen MR) is 86.3 cm³/mol. The molecule has 110 valence electrons. The summed E-state index contributed by atoms with van der Waals surface area (Å²) < 4.78 is 5.13. The lowest BCUT2D eigenvalue weighted by Gasteiger charge is -2.08. The molecule has 0 aliphatic rings. The maximum atomic E-state index is 12.3. The Morgan fingerprint density at radius 3 is 2.68 bits per heavy atom. The van der Waals surface area contributed by atoms with Gasteiger partial charge in [-0.1, -0.05) is 29.8 Å². The van der Waals surface area contributed by atoms with Crippen molar-refractivity contribution in [2.75, 3.05) is 11.1 Å². The zero-order valence-electron chi connectivity index (χ0n) is 11.3. The first-order valence-electron chi connectivity index (χ1n) is 6.44. The fourth-order valence-electron chi connectivity index (χ4n) is 2.06. The number of hydrogen-bond acceptors (Lipinski definition) is 4. The molecular weight excluding hydrogens is 304 g/mol. The number of nitrogen functional groups attached to an aromatic ring is 1. The lowest BCUT2D eigenvalue weighted by molar-refractivity contribution is 0.102. The lowest BCUT2D eigenvalue weighted by atomic mass is 10.1. The van der Waals surface area contributed by atoms with Crippen molar-refractivity contribution in [3.05, 3.63) is 69.5 Å². The minimum atomic E-state index is -0.705. The molecule has 0 spiro atoms. The largest absolute Gasteiger partial charge is 0.422 e. The minimum absolute atomic E-state index is 0.0898. The molecule has 0 aliphatic carbocycles. The van der Waals surface area contributed by atoms with Gasteiger partial charge in [-0.05, 0) is 30.3 Å². The predicted octanol–water partition coefficient (Wildman–Crippen LogP) is 3.28. The number of carbonyl (C=O) groups excluding carboxylic acids is 1. The van der Waals surface area contributed by atoms with E-state index in [0.29, 0.717) is 27.4 Å². The summed E-state index contributed by atoms with van der Waals surface area (Å²) in [5.41, 5.74) is 6.09. The van der Waals surface area contributed by atoms with Gasteiger partial charge in [-0.25, -0.2) is 4.79 Å². The zero-order valence-corrected chi connectivity index (χ0v) is 12.1. The highest BCUT2D eigenvalue weighted by Gasteiger charge is 2.15. The Labute approximate surface area is 130 Å². The topological polar surface area (TPSA) is 85.3 Å². The fraction of sp³-hybridized carbons (Fsp3) is 0. The maximum absolute atomic E-state index is 12.3. The standard InChI is InChI=1S/C16H11ClN2O3/c17-10-5-6-13(12(18)8-10)19-15(20)11-7-9-3-1-2-4-14(9)22-16(11)21/h1-8H,18H2,(H,19,20). The number of fused-ring (bicyclic) bond motifs is 1. The summed E-state index contributed by atoms with van der Waals surface area (Å²) in [4.78, 5) is 24.2. The van der Waals surface area contributed by atoms with E-state index in [0.717, 1.165) is 0 Å². The van der Waals surface area contributed by atoms with Crippen molar-refractivity contribution in [2.45, 2.75) is 0 Å². The van der Waals surface area contributed by atoms with E-state index in [2.05, 4.69) is 5.32 Å². The highest BCUT2D eigenvalue weighted by atomic mass is 35.5. The number of halogens is 1. The van der Waals surface area contributed by atoms with Gasteiger partial charge in [0.1, 0.15) is 11.1 Å². The third kappa shape index (κ3) is 2.66. The van der Waals surface area contributed by atoms with Crippen LogP contribution in [-0.2, 0) is 0 Å². The van der Waals surface area contributed by atoms with Gasteiger partial charge in [0.15, 0.2) is 0 Å². The first-order chi connectivity index (χ1) is 10.5. The number of nitrogens with one attached hydrogen (secondary N) is 1. The maximum Gasteiger partial charge on any atom is 0.349 e. The van der Waals surface area contributed by atoms with E-state index in [1.54, 1.807) is 36.4 Å². The van der Waals surface area contributed by atoms with E-state index in [4.69, 9.17) is 21.8 Å². The third-order valence-electron chi connectivity index (χ3n) is 3.15. The Morgan fingerprint density at radius 1 is 1.14 bits per heavy atom. The summed E-state index contributed by atoms with van der Waals surface area (Å²) in [6.07, 6.45) is 0. The molecule has 3 rings (SSSR count). The van der Waals surface area contributed by atoms with Crippen molar-refractivity contribution >= 4 is 39.9 Å². The molecule has 0 bridgehead atoms. The molecule has 0 radical (unpaired) electrons. The third-order valence-corrected chi connectivity index (χ3v) is 3.38. The van der Waals surface area contributed by atoms with E-state index >= 15 is 0 Å². The molecule has 1 amide bonds. The van der Waals surface area contributed by atoms with Gasteiger partial charge < -0.3 is 15.5 Å². The monoisotopic (exact) mass is 314 g/mol. The first kappa shape index (κ1) is 14.2. The van der Waals surface area contributed by atoms with Crippen LogP contribution in [0.4, 0.5) is 11.4 Å². The van der Waals surface area contributed by atoms with Gasteiger partial charge in [-0.2, -0.15) is 0 Å². The summed E-state index contributed by atoms with van der Waals surface area (Å²) >= 11 is 5.80. The normalized spacial score (nSPS) is 10.6. The van der Waals surface area contributed by atoms with Crippen LogP contribution in [0.3, 0.4) is 0 Å². The van der Waals surface area contributed by atoms with Crippen molar-refractivity contribution in [3.8, 4) is 0 Å². The minimum Gasteiger partial charge on any atom is -0.422 e. The van der Waals surface area contributed by atoms with E-state index < -0.39 is 11.5 Å². The second-order valence-corrected chi connectivity index (χ2v) is 5.11. The molecule has 6 heteroatoms. The summed E-state index contributed by atoms with van der Waals surface area (Å²) in [6.45, 7) is 0. The van der Waals surface area contributed by atoms with Gasteiger partial charge in [0.25, 0.3) is 5.91 Å². The Hall–Kier alpha value is -2.79. The molecule has 0 atom stereocenters. The number of amides is 1. The van der Waals surface area contributed by atoms with Crippen molar-refractivity contribution in [2.24, 2.45) is 0 Å². The Balaban J connectivity index is 1.98. The zero-order chi connectivity index (χ0) is 15.7. The second-order valence-electron chi connectivity index (χ2n) is 4.67. The molecule has 3 aromatic rings. The van der Waals surface area contributed by atoms with Gasteiger partial charge in [0.2, 0.25) is 0 Å². The number of benzene rings is 2. The number of nitrogens with two attached hydrogens (primary N) is 1. The summed E-state index contributed by atoms with van der Waals surface area (Å²) in [7, 11) is 0. The summed E-state index contributed by atoms with van der Waals surface area (Å²) in [5, 5.41) is 3.70. The van der Waals surface area contributed by atoms with Crippen LogP contribution in [0.15, 0.2) is 57.7 Å². The number of anilines is 2. The molecular formula is C16H11ClN2O3. The van der Waals surface area contributed by atoms with Crippen LogP contribution in [0, 0.1) is 0 Å². The highest BCUT2D eigenvalue weighted by molar-refractivity contribution is 6.31. The van der Waals surface area contributed by atoms with Gasteiger partial charge >= 0.3 is 5.63 Å². The van der Waals surface area contributed by atoms with Crippen molar-refractivity contribution in [3.63, 3.8) is 0 Å². The quantitative estimate of drug-likeness (QED) is 0.561. The molecule has 0 fully saturated rings. The molecule has 0 aliphatic heterocycles. The van der Waals surface area contributed by atoms with E-state index in [9.17, 15) is 9.59 Å². The number of rotatable bonds is 2. The van der Waals surface area contributed by atoms with Gasteiger partial charge in [0, 0.05) is 10.4 Å². The number of hydrogen-bond donors (Lipinski definition) is 2. The molecule has 1 aromatic heterocycles. The van der Waals surface area contributed by atoms with Crippen LogP contribution in [-0.4, -0.2) is 5.91 Å². The van der Waals surface area contributed by atoms with Gasteiger partial charge in [-0.15, -0.1) is 0 Å². The van der Waals surface area contributed by atoms with E-state index in [-0.39, 0.29) is 5.56 Å². The Bertz CT molecular complexity index is 934. The van der Waals surface area contributed by atoms with Crippen LogP contribution in [0.2, 0.25) is 5.02 Å². The molecule has 5 nitrogen and oxygen atoms in total. The molecule has 3 N–H and O–H groups in total. The SMILES string of the molecule is Nc1cc(Cl)ccc1NC(=O)c1cc2ccccc2oc1=O.